The Morgan fingerprint density at radius 3 is 2.67 bits per heavy atom. The van der Waals surface area contributed by atoms with Gasteiger partial charge in [-0.2, -0.15) is 0 Å². The van der Waals surface area contributed by atoms with E-state index in [1.54, 1.807) is 12.1 Å². The van der Waals surface area contributed by atoms with Crippen LogP contribution in [0.4, 0.5) is 0 Å². The molecule has 0 aromatic heterocycles. The van der Waals surface area contributed by atoms with Gasteiger partial charge in [0.25, 0.3) is 0 Å². The van der Waals surface area contributed by atoms with Crippen LogP contribution in [0.25, 0.3) is 0 Å². The van der Waals surface area contributed by atoms with Crippen molar-refractivity contribution in [3.8, 4) is 17.2 Å². The van der Waals surface area contributed by atoms with Crippen LogP contribution in [0.2, 0.25) is 0 Å². The summed E-state index contributed by atoms with van der Waals surface area (Å²) in [6.45, 7) is 0. The molecule has 0 saturated carbocycles. The molecule has 1 aliphatic rings. The van der Waals surface area contributed by atoms with Crippen molar-refractivity contribution in [2.75, 3.05) is 0 Å². The minimum absolute atomic E-state index is 0.00636. The Morgan fingerprint density at radius 2 is 1.73 bits per heavy atom. The molecule has 2 heteroatoms. The van der Waals surface area contributed by atoms with Gasteiger partial charge in [-0.05, 0) is 23.3 Å². The molecule has 0 atom stereocenters. The molecule has 3 rings (SSSR count). The summed E-state index contributed by atoms with van der Waals surface area (Å²) >= 11 is 0. The minimum Gasteiger partial charge on any atom is -0.457 e. The molecular formula is C13H9O2. The topological polar surface area (TPSA) is 29.1 Å². The lowest BCUT2D eigenvalue weighted by atomic mass is 10.0. The van der Waals surface area contributed by atoms with E-state index in [0.717, 1.165) is 17.7 Å². The second-order valence-corrected chi connectivity index (χ2v) is 3.66. The van der Waals surface area contributed by atoms with Gasteiger partial charge in [0.2, 0.25) is 0 Å². The average Bonchev–Trinajstić information content (AvgIpc) is 2.26. The first-order valence-corrected chi connectivity index (χ1v) is 4.88. The zero-order valence-electron chi connectivity index (χ0n) is 8.07. The molecule has 73 valence electrons. The highest BCUT2D eigenvalue weighted by atomic mass is 16.5. The Bertz CT molecular complexity index is 518. The standard InChI is InChI=1S/C13H9O2/c14-11-6-5-10-7-9-3-1-2-4-12(9)15-13(10)8-11/h1-6,8H,7H2. The van der Waals surface area contributed by atoms with E-state index >= 15 is 0 Å². The van der Waals surface area contributed by atoms with Gasteiger partial charge in [0, 0.05) is 12.5 Å². The minimum atomic E-state index is -0.00636. The van der Waals surface area contributed by atoms with E-state index in [0.29, 0.717) is 5.75 Å². The van der Waals surface area contributed by atoms with E-state index in [-0.39, 0.29) is 5.75 Å². The lowest BCUT2D eigenvalue weighted by Crippen LogP contribution is -2.01. The van der Waals surface area contributed by atoms with E-state index in [1.807, 2.05) is 30.3 Å². The molecule has 2 aromatic carbocycles. The SMILES string of the molecule is [O]c1ccc2c(c1)Oc1ccccc1C2. The second-order valence-electron chi connectivity index (χ2n) is 3.66. The lowest BCUT2D eigenvalue weighted by Gasteiger charge is -2.19. The maximum atomic E-state index is 11.2. The molecule has 0 amide bonds. The van der Waals surface area contributed by atoms with Gasteiger partial charge in [-0.15, -0.1) is 0 Å². The Morgan fingerprint density at radius 1 is 0.933 bits per heavy atom. The summed E-state index contributed by atoms with van der Waals surface area (Å²) in [6.07, 6.45) is 0.839. The Kier molecular flexibility index (Phi) is 1.68. The fourth-order valence-corrected chi connectivity index (χ4v) is 1.85. The molecular weight excluding hydrogens is 188 g/mol. The summed E-state index contributed by atoms with van der Waals surface area (Å²) in [5.41, 5.74) is 2.25. The van der Waals surface area contributed by atoms with Gasteiger partial charge >= 0.3 is 0 Å². The zero-order chi connectivity index (χ0) is 10.3. The normalized spacial score (nSPS) is 12.5. The summed E-state index contributed by atoms with van der Waals surface area (Å²) in [7, 11) is 0. The summed E-state index contributed by atoms with van der Waals surface area (Å²) in [4.78, 5) is 0. The van der Waals surface area contributed by atoms with Crippen molar-refractivity contribution in [2.45, 2.75) is 6.42 Å². The lowest BCUT2D eigenvalue weighted by molar-refractivity contribution is 0.350. The molecule has 0 fully saturated rings. The maximum Gasteiger partial charge on any atom is 0.182 e. The highest BCUT2D eigenvalue weighted by molar-refractivity contribution is 5.51. The van der Waals surface area contributed by atoms with E-state index < -0.39 is 0 Å². The zero-order valence-corrected chi connectivity index (χ0v) is 8.07. The third-order valence-electron chi connectivity index (χ3n) is 2.61. The fourth-order valence-electron chi connectivity index (χ4n) is 1.85. The van der Waals surface area contributed by atoms with Gasteiger partial charge in [0.1, 0.15) is 11.5 Å². The molecule has 0 aliphatic carbocycles. The third-order valence-corrected chi connectivity index (χ3v) is 2.61. The molecule has 15 heavy (non-hydrogen) atoms. The molecule has 2 nitrogen and oxygen atoms in total. The molecule has 0 saturated heterocycles. The third kappa shape index (κ3) is 1.34. The molecule has 0 spiro atoms. The van der Waals surface area contributed by atoms with E-state index in [1.165, 1.54) is 5.56 Å². The van der Waals surface area contributed by atoms with Crippen LogP contribution < -0.4 is 4.74 Å². The number of ether oxygens (including phenoxy) is 1. The van der Waals surface area contributed by atoms with Crippen LogP contribution in [0.5, 0.6) is 17.2 Å². The van der Waals surface area contributed by atoms with Gasteiger partial charge in [-0.1, -0.05) is 24.3 Å². The Balaban J connectivity index is 2.11. The van der Waals surface area contributed by atoms with Crippen molar-refractivity contribution in [3.05, 3.63) is 53.6 Å². The number of benzene rings is 2. The maximum absolute atomic E-state index is 11.2. The molecule has 0 unspecified atom stereocenters. The van der Waals surface area contributed by atoms with Crippen molar-refractivity contribution in [1.29, 1.82) is 0 Å². The van der Waals surface area contributed by atoms with Gasteiger partial charge in [-0.25, -0.2) is 0 Å². The van der Waals surface area contributed by atoms with Gasteiger partial charge in [0.15, 0.2) is 5.75 Å². The van der Waals surface area contributed by atoms with Crippen LogP contribution in [0.3, 0.4) is 0 Å². The number of fused-ring (bicyclic) bond motifs is 2. The van der Waals surface area contributed by atoms with Crippen molar-refractivity contribution >= 4 is 0 Å². The number of hydrogen-bond acceptors (Lipinski definition) is 1. The first-order valence-electron chi connectivity index (χ1n) is 4.88. The predicted octanol–water partition coefficient (Wildman–Crippen LogP) is 3.53. The predicted molar refractivity (Wildman–Crippen MR) is 55.9 cm³/mol. The molecule has 0 bridgehead atoms. The van der Waals surface area contributed by atoms with Crippen LogP contribution >= 0.6 is 0 Å². The summed E-state index contributed by atoms with van der Waals surface area (Å²) in [5.74, 6) is 1.55. The molecule has 0 N–H and O–H groups in total. The molecule has 1 radical (unpaired) electrons. The fraction of sp³-hybridized carbons (Fsp3) is 0.0769. The van der Waals surface area contributed by atoms with Crippen LogP contribution in [-0.2, 0) is 11.5 Å². The largest absolute Gasteiger partial charge is 0.457 e. The Labute approximate surface area is 87.8 Å². The van der Waals surface area contributed by atoms with Crippen molar-refractivity contribution < 1.29 is 9.84 Å². The van der Waals surface area contributed by atoms with Gasteiger partial charge < -0.3 is 4.74 Å². The average molecular weight is 197 g/mol. The van der Waals surface area contributed by atoms with E-state index in [4.69, 9.17) is 4.74 Å². The molecule has 1 aliphatic heterocycles. The highest BCUT2D eigenvalue weighted by Gasteiger charge is 2.16. The first-order chi connectivity index (χ1) is 7.33. The van der Waals surface area contributed by atoms with Crippen LogP contribution in [0.1, 0.15) is 11.1 Å². The summed E-state index contributed by atoms with van der Waals surface area (Å²) < 4.78 is 5.66. The van der Waals surface area contributed by atoms with Gasteiger partial charge in [0.05, 0.1) is 0 Å². The van der Waals surface area contributed by atoms with Crippen molar-refractivity contribution in [3.63, 3.8) is 0 Å². The number of para-hydroxylation sites is 1. The molecule has 2 aromatic rings. The van der Waals surface area contributed by atoms with Crippen molar-refractivity contribution in [1.82, 2.24) is 0 Å². The van der Waals surface area contributed by atoms with E-state index in [9.17, 15) is 5.11 Å². The van der Waals surface area contributed by atoms with Gasteiger partial charge in [-0.3, -0.25) is 5.11 Å². The summed E-state index contributed by atoms with van der Waals surface area (Å²) in [6, 6.07) is 12.9. The quantitative estimate of drug-likeness (QED) is 0.542. The Hall–Kier alpha value is -1.96. The van der Waals surface area contributed by atoms with Crippen LogP contribution in [0.15, 0.2) is 42.5 Å². The molecule has 1 heterocycles. The summed E-state index contributed by atoms with van der Waals surface area (Å²) in [5, 5.41) is 11.2. The first kappa shape index (κ1) is 8.36. The van der Waals surface area contributed by atoms with Crippen LogP contribution in [0, 0.1) is 0 Å². The number of rotatable bonds is 0. The smallest absolute Gasteiger partial charge is 0.182 e. The monoisotopic (exact) mass is 197 g/mol. The second kappa shape index (κ2) is 3.02. The number of hydrogen-bond donors (Lipinski definition) is 0. The van der Waals surface area contributed by atoms with Crippen LogP contribution in [-0.4, -0.2) is 0 Å². The highest BCUT2D eigenvalue weighted by Crippen LogP contribution is 2.37. The van der Waals surface area contributed by atoms with Crippen molar-refractivity contribution in [2.24, 2.45) is 0 Å². The van der Waals surface area contributed by atoms with E-state index in [2.05, 4.69) is 0 Å².